The lowest BCUT2D eigenvalue weighted by Crippen LogP contribution is -2.57. The van der Waals surface area contributed by atoms with E-state index in [9.17, 15) is 5.11 Å². The van der Waals surface area contributed by atoms with Gasteiger partial charge in [0.25, 0.3) is 0 Å². The van der Waals surface area contributed by atoms with Crippen molar-refractivity contribution in [2.24, 2.45) is 28.6 Å². The summed E-state index contributed by atoms with van der Waals surface area (Å²) in [6.07, 6.45) is 8.67. The van der Waals surface area contributed by atoms with Gasteiger partial charge < -0.3 is 23.7 Å². The van der Waals surface area contributed by atoms with Gasteiger partial charge in [0, 0.05) is 24.4 Å². The average Bonchev–Trinajstić information content (AvgIpc) is 3.27. The van der Waals surface area contributed by atoms with Crippen LogP contribution in [-0.4, -0.2) is 50.4 Å². The van der Waals surface area contributed by atoms with Gasteiger partial charge in [-0.25, -0.2) is 0 Å². The molecule has 5 fully saturated rings. The van der Waals surface area contributed by atoms with Crippen molar-refractivity contribution in [2.75, 3.05) is 13.2 Å². The van der Waals surface area contributed by atoms with Crippen LogP contribution in [0.4, 0.5) is 0 Å². The third-order valence-electron chi connectivity index (χ3n) is 11.6. The smallest absolute Gasteiger partial charge is 0.192 e. The Labute approximate surface area is 208 Å². The molecule has 0 aromatic carbocycles. The Morgan fingerprint density at radius 1 is 0.912 bits per heavy atom. The molecule has 1 spiro atoms. The van der Waals surface area contributed by atoms with Crippen molar-refractivity contribution in [1.29, 1.82) is 0 Å². The van der Waals surface area contributed by atoms with Crippen molar-refractivity contribution in [3.63, 3.8) is 0 Å². The van der Waals surface area contributed by atoms with Gasteiger partial charge in [0.05, 0.1) is 19.3 Å². The molecule has 0 amide bonds. The van der Waals surface area contributed by atoms with Crippen molar-refractivity contribution in [1.82, 2.24) is 0 Å². The summed E-state index contributed by atoms with van der Waals surface area (Å²) in [6.45, 7) is 19.9. The van der Waals surface area contributed by atoms with Gasteiger partial charge in [-0.3, -0.25) is 0 Å². The Morgan fingerprint density at radius 3 is 2.21 bits per heavy atom. The highest BCUT2D eigenvalue weighted by molar-refractivity contribution is 6.74. The molecule has 2 aliphatic heterocycles. The molecule has 3 saturated carbocycles. The van der Waals surface area contributed by atoms with Gasteiger partial charge in [-0.15, -0.1) is 0 Å². The average molecular weight is 495 g/mol. The molecule has 5 rings (SSSR count). The monoisotopic (exact) mass is 494 g/mol. The van der Waals surface area contributed by atoms with E-state index < -0.39 is 19.9 Å². The van der Waals surface area contributed by atoms with Crippen LogP contribution in [0.2, 0.25) is 18.1 Å². The summed E-state index contributed by atoms with van der Waals surface area (Å²) in [4.78, 5) is 0. The molecule has 8 atom stereocenters. The van der Waals surface area contributed by atoms with Crippen molar-refractivity contribution in [3.8, 4) is 0 Å². The summed E-state index contributed by atoms with van der Waals surface area (Å²) < 4.78 is 26.3. The van der Waals surface area contributed by atoms with Gasteiger partial charge in [-0.05, 0) is 86.7 Å². The molecule has 3 aliphatic carbocycles. The van der Waals surface area contributed by atoms with Gasteiger partial charge in [-0.2, -0.15) is 0 Å². The zero-order valence-electron chi connectivity index (χ0n) is 23.0. The summed E-state index contributed by atoms with van der Waals surface area (Å²) in [5.74, 6) is -0.295. The van der Waals surface area contributed by atoms with Crippen molar-refractivity contribution < 1.29 is 23.7 Å². The molecule has 2 saturated heterocycles. The van der Waals surface area contributed by atoms with Gasteiger partial charge in [0.2, 0.25) is 0 Å². The number of aliphatic hydroxyl groups is 1. The van der Waals surface area contributed by atoms with Gasteiger partial charge in [0.1, 0.15) is 0 Å². The number of fused-ring (bicyclic) bond motifs is 6. The maximum absolute atomic E-state index is 11.5. The number of ether oxygens (including phenoxy) is 3. The fourth-order valence-corrected chi connectivity index (χ4v) is 9.92. The minimum atomic E-state index is -1.82. The molecule has 0 aromatic heterocycles. The zero-order chi connectivity index (χ0) is 24.8. The van der Waals surface area contributed by atoms with Gasteiger partial charge >= 0.3 is 0 Å². The second-order valence-corrected chi connectivity index (χ2v) is 19.4. The van der Waals surface area contributed by atoms with Crippen LogP contribution in [-0.2, 0) is 18.6 Å². The first-order chi connectivity index (χ1) is 15.6. The lowest BCUT2D eigenvalue weighted by atomic mass is 9.51. The Bertz CT molecular complexity index is 784. The molecule has 0 radical (unpaired) electrons. The third-order valence-corrected chi connectivity index (χ3v) is 16.1. The minimum absolute atomic E-state index is 0.0421. The van der Waals surface area contributed by atoms with E-state index in [-0.39, 0.29) is 22.0 Å². The van der Waals surface area contributed by atoms with E-state index >= 15 is 0 Å². The van der Waals surface area contributed by atoms with Crippen LogP contribution in [0.25, 0.3) is 0 Å². The Kier molecular flexibility index (Phi) is 6.04. The fraction of sp³-hybridized carbons (Fsp3) is 1.00. The second-order valence-electron chi connectivity index (χ2n) is 14.6. The minimum Gasteiger partial charge on any atom is -0.414 e. The third kappa shape index (κ3) is 3.80. The summed E-state index contributed by atoms with van der Waals surface area (Å²) in [5.41, 5.74) is 0.131. The lowest BCUT2D eigenvalue weighted by Gasteiger charge is -2.56. The van der Waals surface area contributed by atoms with E-state index in [4.69, 9.17) is 18.6 Å². The first kappa shape index (κ1) is 25.7. The van der Waals surface area contributed by atoms with E-state index in [2.05, 4.69) is 47.7 Å². The van der Waals surface area contributed by atoms with E-state index in [1.165, 1.54) is 6.42 Å². The van der Waals surface area contributed by atoms with Crippen LogP contribution in [0.1, 0.15) is 92.9 Å². The highest BCUT2D eigenvalue weighted by Gasteiger charge is 2.68. The van der Waals surface area contributed by atoms with E-state index in [0.717, 1.165) is 38.5 Å². The molecular weight excluding hydrogens is 444 g/mol. The molecule has 196 valence electrons. The maximum atomic E-state index is 11.5. The van der Waals surface area contributed by atoms with Gasteiger partial charge in [0.15, 0.2) is 19.9 Å². The summed E-state index contributed by atoms with van der Waals surface area (Å²) in [7, 11) is -1.82. The molecule has 5 nitrogen and oxygen atoms in total. The lowest BCUT2D eigenvalue weighted by molar-refractivity contribution is -0.282. The van der Waals surface area contributed by atoms with E-state index in [1.807, 2.05) is 6.92 Å². The molecule has 5 aliphatic rings. The number of rotatable bonds is 2. The summed E-state index contributed by atoms with van der Waals surface area (Å²) in [6, 6.07) is 0. The molecule has 5 unspecified atom stereocenters. The fourth-order valence-electron chi connectivity index (χ4n) is 8.52. The predicted molar refractivity (Wildman–Crippen MR) is 136 cm³/mol. The standard InChI is InChI=1S/C28H50O5Si/c1-24(2,3)34(7,8)33-20-9-12-25(4)19(17-20)18-27(6,29)32-23-21(25)10-13-26(5)22(23)11-14-28(26)30-15-16-31-28/h19-23,29H,9-18H2,1-8H3/t19?,20-,21?,22?,23?,25-,26-,27?/m0/s1. The van der Waals surface area contributed by atoms with Crippen LogP contribution in [0, 0.1) is 28.6 Å². The highest BCUT2D eigenvalue weighted by Crippen LogP contribution is 2.67. The van der Waals surface area contributed by atoms with Crippen LogP contribution < -0.4 is 0 Å². The topological polar surface area (TPSA) is 57.2 Å². The second kappa shape index (κ2) is 8.01. The summed E-state index contributed by atoms with van der Waals surface area (Å²) in [5, 5.41) is 11.8. The quantitative estimate of drug-likeness (QED) is 0.460. The van der Waals surface area contributed by atoms with Crippen molar-refractivity contribution in [3.05, 3.63) is 0 Å². The van der Waals surface area contributed by atoms with E-state index in [0.29, 0.717) is 43.5 Å². The molecule has 0 bridgehead atoms. The Hall–Kier alpha value is 0.0169. The van der Waals surface area contributed by atoms with Crippen molar-refractivity contribution >= 4 is 8.32 Å². The van der Waals surface area contributed by atoms with Gasteiger partial charge in [-0.1, -0.05) is 34.6 Å². The summed E-state index contributed by atoms with van der Waals surface area (Å²) >= 11 is 0. The molecular formula is C28H50O5Si. The van der Waals surface area contributed by atoms with E-state index in [1.54, 1.807) is 0 Å². The Balaban J connectivity index is 1.41. The predicted octanol–water partition coefficient (Wildman–Crippen LogP) is 6.25. The first-order valence-corrected chi connectivity index (χ1v) is 16.9. The first-order valence-electron chi connectivity index (χ1n) is 14.0. The normalized spacial score (nSPS) is 48.8. The van der Waals surface area contributed by atoms with Crippen LogP contribution in [0.5, 0.6) is 0 Å². The SMILES string of the molecule is CC1(O)CC2C[C@@H](O[Si](C)(C)C(C)(C)C)CC[C@]2(C)C2CC[C@@]3(C)C(CCC34OCCO4)C2O1. The zero-order valence-corrected chi connectivity index (χ0v) is 24.0. The van der Waals surface area contributed by atoms with Crippen LogP contribution in [0.3, 0.4) is 0 Å². The molecule has 6 heteroatoms. The maximum Gasteiger partial charge on any atom is 0.192 e. The molecule has 34 heavy (non-hydrogen) atoms. The number of hydrogen-bond donors (Lipinski definition) is 1. The molecule has 1 N–H and O–H groups in total. The highest BCUT2D eigenvalue weighted by atomic mass is 28.4. The van der Waals surface area contributed by atoms with Crippen molar-refractivity contribution in [2.45, 2.75) is 135 Å². The largest absolute Gasteiger partial charge is 0.414 e. The Morgan fingerprint density at radius 2 is 1.56 bits per heavy atom. The number of hydrogen-bond acceptors (Lipinski definition) is 5. The van der Waals surface area contributed by atoms with Crippen LogP contribution >= 0.6 is 0 Å². The van der Waals surface area contributed by atoms with Crippen LogP contribution in [0.15, 0.2) is 0 Å². The molecule has 2 heterocycles. The molecule has 0 aromatic rings.